The number of nitrogens with zero attached hydrogens (tertiary/aromatic N) is 5. The first-order valence-electron chi connectivity index (χ1n) is 8.33. The highest BCUT2D eigenvalue weighted by Crippen LogP contribution is 2.26. The van der Waals surface area contributed by atoms with Crippen molar-refractivity contribution in [2.75, 3.05) is 0 Å². The van der Waals surface area contributed by atoms with E-state index in [0.717, 1.165) is 38.7 Å². The lowest BCUT2D eigenvalue weighted by atomic mass is 10.0. The third kappa shape index (κ3) is 2.52. The number of pyridine rings is 2. The van der Waals surface area contributed by atoms with Crippen LogP contribution < -0.4 is 0 Å². The fourth-order valence-electron chi connectivity index (χ4n) is 3.16. The van der Waals surface area contributed by atoms with Crippen molar-refractivity contribution < 1.29 is 4.52 Å². The van der Waals surface area contributed by atoms with E-state index < -0.39 is 0 Å². The van der Waals surface area contributed by atoms with E-state index in [1.807, 2.05) is 31.6 Å². The standard InChI is InChI=1S/C20H15N5O/c1-25-12-16(11-23-25)15-9-17-19(24-26-20(17)22-10-15)8-13-4-5-18-14(7-13)3-2-6-21-18/h2-7,9-12H,8H2,1H3. The molecule has 0 bridgehead atoms. The van der Waals surface area contributed by atoms with Gasteiger partial charge in [-0.25, -0.2) is 4.98 Å². The molecule has 0 N–H and O–H groups in total. The summed E-state index contributed by atoms with van der Waals surface area (Å²) in [4.78, 5) is 8.77. The minimum absolute atomic E-state index is 0.551. The predicted molar refractivity (Wildman–Crippen MR) is 98.6 cm³/mol. The zero-order chi connectivity index (χ0) is 17.5. The first-order chi connectivity index (χ1) is 12.8. The van der Waals surface area contributed by atoms with E-state index in [-0.39, 0.29) is 0 Å². The van der Waals surface area contributed by atoms with Crippen molar-refractivity contribution >= 4 is 22.0 Å². The van der Waals surface area contributed by atoms with Crippen molar-refractivity contribution in [3.63, 3.8) is 0 Å². The van der Waals surface area contributed by atoms with E-state index in [1.165, 1.54) is 0 Å². The summed E-state index contributed by atoms with van der Waals surface area (Å²) in [5, 5.41) is 10.5. The van der Waals surface area contributed by atoms with E-state index in [2.05, 4.69) is 44.5 Å². The molecule has 0 radical (unpaired) electrons. The Morgan fingerprint density at radius 3 is 2.88 bits per heavy atom. The molecule has 6 heteroatoms. The van der Waals surface area contributed by atoms with Gasteiger partial charge in [-0.15, -0.1) is 0 Å². The van der Waals surface area contributed by atoms with Gasteiger partial charge in [0.25, 0.3) is 5.71 Å². The van der Waals surface area contributed by atoms with Gasteiger partial charge in [0.15, 0.2) is 0 Å². The Labute approximate surface area is 149 Å². The van der Waals surface area contributed by atoms with Crippen LogP contribution in [0, 0.1) is 0 Å². The molecule has 0 saturated heterocycles. The molecule has 0 aliphatic rings. The Hall–Kier alpha value is -3.54. The van der Waals surface area contributed by atoms with E-state index >= 15 is 0 Å². The highest BCUT2D eigenvalue weighted by Gasteiger charge is 2.12. The Bertz CT molecular complexity index is 1240. The first kappa shape index (κ1) is 14.8. The van der Waals surface area contributed by atoms with Crippen molar-refractivity contribution in [1.29, 1.82) is 0 Å². The van der Waals surface area contributed by atoms with Gasteiger partial charge in [-0.1, -0.05) is 17.3 Å². The molecule has 26 heavy (non-hydrogen) atoms. The molecular formula is C20H15N5O. The van der Waals surface area contributed by atoms with Crippen LogP contribution in [-0.4, -0.2) is 24.9 Å². The molecule has 4 aromatic heterocycles. The summed E-state index contributed by atoms with van der Waals surface area (Å²) < 4.78 is 7.19. The number of rotatable bonds is 3. The van der Waals surface area contributed by atoms with Crippen LogP contribution in [0.5, 0.6) is 0 Å². The van der Waals surface area contributed by atoms with Gasteiger partial charge in [0.1, 0.15) is 0 Å². The molecule has 5 aromatic rings. The number of aromatic nitrogens is 5. The maximum Gasteiger partial charge on any atom is 0.257 e. The van der Waals surface area contributed by atoms with Crippen LogP contribution in [0.1, 0.15) is 11.3 Å². The average molecular weight is 341 g/mol. The average Bonchev–Trinajstić information content (AvgIpc) is 3.28. The molecule has 0 amide bonds. The Balaban J connectivity index is 1.55. The van der Waals surface area contributed by atoms with Crippen molar-refractivity contribution in [1.82, 2.24) is 24.9 Å². The van der Waals surface area contributed by atoms with Gasteiger partial charge in [0, 0.05) is 48.6 Å². The molecule has 0 atom stereocenters. The maximum absolute atomic E-state index is 5.41. The smallest absolute Gasteiger partial charge is 0.257 e. The number of benzene rings is 1. The molecular weight excluding hydrogens is 326 g/mol. The Morgan fingerprint density at radius 1 is 1.04 bits per heavy atom. The minimum atomic E-state index is 0.551. The van der Waals surface area contributed by atoms with Crippen molar-refractivity contribution in [3.8, 4) is 11.1 Å². The molecule has 0 fully saturated rings. The quantitative estimate of drug-likeness (QED) is 0.500. The molecule has 0 aliphatic heterocycles. The van der Waals surface area contributed by atoms with Crippen LogP contribution >= 0.6 is 0 Å². The number of aryl methyl sites for hydroxylation is 1. The minimum Gasteiger partial charge on any atom is -0.336 e. The third-order valence-electron chi connectivity index (χ3n) is 4.48. The summed E-state index contributed by atoms with van der Waals surface area (Å²) >= 11 is 0. The van der Waals surface area contributed by atoms with Crippen LogP contribution in [0.2, 0.25) is 0 Å². The number of fused-ring (bicyclic) bond motifs is 2. The second kappa shape index (κ2) is 5.77. The maximum atomic E-state index is 5.41. The Kier molecular flexibility index (Phi) is 3.28. The van der Waals surface area contributed by atoms with Gasteiger partial charge in [-0.05, 0) is 29.8 Å². The van der Waals surface area contributed by atoms with E-state index in [0.29, 0.717) is 12.1 Å². The van der Waals surface area contributed by atoms with Crippen molar-refractivity contribution in [2.45, 2.75) is 6.42 Å². The van der Waals surface area contributed by atoms with Gasteiger partial charge in [0.2, 0.25) is 0 Å². The second-order valence-corrected chi connectivity index (χ2v) is 6.32. The lowest BCUT2D eigenvalue weighted by Crippen LogP contribution is -1.90. The Morgan fingerprint density at radius 2 is 2.00 bits per heavy atom. The van der Waals surface area contributed by atoms with Gasteiger partial charge in [0.05, 0.1) is 22.8 Å². The summed E-state index contributed by atoms with van der Waals surface area (Å²) in [5.74, 6) is 0. The summed E-state index contributed by atoms with van der Waals surface area (Å²) in [5.41, 5.74) is 5.59. The van der Waals surface area contributed by atoms with Crippen LogP contribution in [0.15, 0.2) is 65.7 Å². The molecule has 0 unspecified atom stereocenters. The van der Waals surface area contributed by atoms with E-state index in [9.17, 15) is 0 Å². The lowest BCUT2D eigenvalue weighted by Gasteiger charge is -2.02. The third-order valence-corrected chi connectivity index (χ3v) is 4.48. The molecule has 6 nitrogen and oxygen atoms in total. The topological polar surface area (TPSA) is 69.6 Å². The highest BCUT2D eigenvalue weighted by molar-refractivity contribution is 5.82. The predicted octanol–water partition coefficient (Wildman–Crippen LogP) is 3.76. The number of hydrogen-bond acceptors (Lipinski definition) is 5. The van der Waals surface area contributed by atoms with Crippen LogP contribution in [0.3, 0.4) is 0 Å². The van der Waals surface area contributed by atoms with E-state index in [4.69, 9.17) is 4.52 Å². The molecule has 1 aromatic carbocycles. The largest absolute Gasteiger partial charge is 0.336 e. The highest BCUT2D eigenvalue weighted by atomic mass is 16.5. The summed E-state index contributed by atoms with van der Waals surface area (Å²) in [6, 6.07) is 12.3. The lowest BCUT2D eigenvalue weighted by molar-refractivity contribution is 0.440. The fraction of sp³-hybridized carbons (Fsp3) is 0.100. The van der Waals surface area contributed by atoms with Crippen molar-refractivity contribution in [2.24, 2.45) is 7.05 Å². The zero-order valence-electron chi connectivity index (χ0n) is 14.1. The van der Waals surface area contributed by atoms with Gasteiger partial charge in [-0.2, -0.15) is 5.10 Å². The fourth-order valence-corrected chi connectivity index (χ4v) is 3.16. The van der Waals surface area contributed by atoms with Crippen LogP contribution in [-0.2, 0) is 13.5 Å². The van der Waals surface area contributed by atoms with Gasteiger partial charge in [-0.3, -0.25) is 9.67 Å². The van der Waals surface area contributed by atoms with Crippen LogP contribution in [0.4, 0.5) is 0 Å². The molecule has 0 aliphatic carbocycles. The first-order valence-corrected chi connectivity index (χ1v) is 8.33. The zero-order valence-corrected chi connectivity index (χ0v) is 14.1. The molecule has 0 spiro atoms. The summed E-state index contributed by atoms with van der Waals surface area (Å²) in [6.07, 6.45) is 8.06. The monoisotopic (exact) mass is 341 g/mol. The van der Waals surface area contributed by atoms with Crippen LogP contribution in [0.25, 0.3) is 33.1 Å². The molecule has 5 rings (SSSR count). The second-order valence-electron chi connectivity index (χ2n) is 6.32. The molecule has 126 valence electrons. The summed E-state index contributed by atoms with van der Waals surface area (Å²) in [7, 11) is 1.90. The van der Waals surface area contributed by atoms with Gasteiger partial charge < -0.3 is 4.52 Å². The summed E-state index contributed by atoms with van der Waals surface area (Å²) in [6.45, 7) is 0. The van der Waals surface area contributed by atoms with Crippen molar-refractivity contribution in [3.05, 3.63) is 72.4 Å². The van der Waals surface area contributed by atoms with E-state index in [1.54, 1.807) is 17.1 Å². The molecule has 0 saturated carbocycles. The van der Waals surface area contributed by atoms with Gasteiger partial charge >= 0.3 is 0 Å². The molecule has 4 heterocycles. The number of hydrogen-bond donors (Lipinski definition) is 0. The normalized spacial score (nSPS) is 11.4. The SMILES string of the molecule is Cn1cc(-c2cnc3onc(Cc4ccc5ncccc5c4)c3c2)cn1.